The summed E-state index contributed by atoms with van der Waals surface area (Å²) in [5.74, 6) is 1.15. The number of nitrogen functional groups attached to an aromatic ring is 1. The first-order chi connectivity index (χ1) is 7.60. The molecule has 1 aromatic rings. The van der Waals surface area contributed by atoms with E-state index in [0.717, 1.165) is 17.9 Å². The summed E-state index contributed by atoms with van der Waals surface area (Å²) in [7, 11) is 2.16. The van der Waals surface area contributed by atoms with Gasteiger partial charge in [0.25, 0.3) is 0 Å². The predicted molar refractivity (Wildman–Crippen MR) is 76.5 cm³/mol. The number of rotatable bonds is 5. The molecule has 0 radical (unpaired) electrons. The first kappa shape index (κ1) is 13.2. The molecule has 0 aromatic heterocycles. The molecule has 16 heavy (non-hydrogen) atoms. The maximum absolute atomic E-state index is 5.85. The summed E-state index contributed by atoms with van der Waals surface area (Å²) in [6.07, 6.45) is 3.31. The Morgan fingerprint density at radius 2 is 2.12 bits per heavy atom. The number of aryl methyl sites for hydroxylation is 1. The van der Waals surface area contributed by atoms with Gasteiger partial charge in [-0.05, 0) is 37.3 Å². The highest BCUT2D eigenvalue weighted by Crippen LogP contribution is 2.25. The van der Waals surface area contributed by atoms with Crippen LogP contribution in [0.15, 0.2) is 18.2 Å². The van der Waals surface area contributed by atoms with E-state index in [-0.39, 0.29) is 0 Å². The number of hydrogen-bond acceptors (Lipinski definition) is 3. The molecule has 0 amide bonds. The lowest BCUT2D eigenvalue weighted by atomic mass is 10.1. The van der Waals surface area contributed by atoms with Gasteiger partial charge in [-0.2, -0.15) is 11.8 Å². The Hall–Kier alpha value is -0.830. The summed E-state index contributed by atoms with van der Waals surface area (Å²) < 4.78 is 0. The summed E-state index contributed by atoms with van der Waals surface area (Å²) in [5.41, 5.74) is 9.23. The fraction of sp³-hybridized carbons (Fsp3) is 0.538. The van der Waals surface area contributed by atoms with Crippen molar-refractivity contribution in [1.29, 1.82) is 0 Å². The van der Waals surface area contributed by atoms with Gasteiger partial charge in [0.05, 0.1) is 0 Å². The minimum Gasteiger partial charge on any atom is -0.399 e. The Balaban J connectivity index is 2.93. The SMILES string of the molecule is CCC(CSC)N(C)c1cc(N)ccc1C. The Bertz CT molecular complexity index is 339. The molecule has 0 aliphatic carbocycles. The van der Waals surface area contributed by atoms with E-state index in [9.17, 15) is 0 Å². The van der Waals surface area contributed by atoms with E-state index in [2.05, 4.69) is 44.2 Å². The van der Waals surface area contributed by atoms with Gasteiger partial charge in [-0.1, -0.05) is 13.0 Å². The highest BCUT2D eigenvalue weighted by Gasteiger charge is 2.14. The van der Waals surface area contributed by atoms with Gasteiger partial charge >= 0.3 is 0 Å². The predicted octanol–water partition coefficient (Wildman–Crippen LogP) is 3.16. The van der Waals surface area contributed by atoms with E-state index in [1.54, 1.807) is 0 Å². The van der Waals surface area contributed by atoms with Gasteiger partial charge in [0.2, 0.25) is 0 Å². The molecule has 90 valence electrons. The Morgan fingerprint density at radius 3 is 2.69 bits per heavy atom. The summed E-state index contributed by atoms with van der Waals surface area (Å²) >= 11 is 1.89. The number of benzene rings is 1. The molecule has 0 aliphatic rings. The minimum absolute atomic E-state index is 0.579. The van der Waals surface area contributed by atoms with Crippen molar-refractivity contribution in [3.8, 4) is 0 Å². The molecule has 3 heteroatoms. The van der Waals surface area contributed by atoms with Crippen molar-refractivity contribution >= 4 is 23.1 Å². The van der Waals surface area contributed by atoms with Gasteiger partial charge in [0.15, 0.2) is 0 Å². The second-order valence-electron chi connectivity index (χ2n) is 4.17. The van der Waals surface area contributed by atoms with Crippen LogP contribution in [0.25, 0.3) is 0 Å². The van der Waals surface area contributed by atoms with Crippen molar-refractivity contribution < 1.29 is 0 Å². The molecule has 0 fully saturated rings. The van der Waals surface area contributed by atoms with Crippen LogP contribution in [0.5, 0.6) is 0 Å². The average molecular weight is 238 g/mol. The van der Waals surface area contributed by atoms with Gasteiger partial charge in [-0.25, -0.2) is 0 Å². The van der Waals surface area contributed by atoms with E-state index in [0.29, 0.717) is 6.04 Å². The molecule has 0 heterocycles. The van der Waals surface area contributed by atoms with Crippen LogP contribution in [0.4, 0.5) is 11.4 Å². The highest BCUT2D eigenvalue weighted by atomic mass is 32.2. The van der Waals surface area contributed by atoms with E-state index >= 15 is 0 Å². The summed E-state index contributed by atoms with van der Waals surface area (Å²) in [5, 5.41) is 0. The number of anilines is 2. The lowest BCUT2D eigenvalue weighted by Crippen LogP contribution is -2.33. The van der Waals surface area contributed by atoms with E-state index in [4.69, 9.17) is 5.73 Å². The van der Waals surface area contributed by atoms with Crippen LogP contribution in [0, 0.1) is 6.92 Å². The maximum Gasteiger partial charge on any atom is 0.0416 e. The van der Waals surface area contributed by atoms with Gasteiger partial charge in [0, 0.05) is 30.2 Å². The molecule has 0 saturated carbocycles. The zero-order chi connectivity index (χ0) is 12.1. The molecule has 2 N–H and O–H groups in total. The smallest absolute Gasteiger partial charge is 0.0416 e. The molecule has 1 rings (SSSR count). The summed E-state index contributed by atoms with van der Waals surface area (Å²) in [6.45, 7) is 4.37. The minimum atomic E-state index is 0.579. The van der Waals surface area contributed by atoms with Crippen molar-refractivity contribution in [2.24, 2.45) is 0 Å². The summed E-state index contributed by atoms with van der Waals surface area (Å²) in [6, 6.07) is 6.70. The van der Waals surface area contributed by atoms with Crippen LogP contribution in [0.2, 0.25) is 0 Å². The van der Waals surface area contributed by atoms with Crippen molar-refractivity contribution in [3.05, 3.63) is 23.8 Å². The largest absolute Gasteiger partial charge is 0.399 e. The molecule has 0 aliphatic heterocycles. The number of thioether (sulfide) groups is 1. The second kappa shape index (κ2) is 6.04. The molecule has 2 nitrogen and oxygen atoms in total. The fourth-order valence-corrected chi connectivity index (χ4v) is 2.74. The molecule has 0 saturated heterocycles. The van der Waals surface area contributed by atoms with E-state index in [1.807, 2.05) is 17.8 Å². The quantitative estimate of drug-likeness (QED) is 0.799. The first-order valence-corrected chi connectivity index (χ1v) is 7.07. The Morgan fingerprint density at radius 1 is 1.44 bits per heavy atom. The van der Waals surface area contributed by atoms with E-state index < -0.39 is 0 Å². The van der Waals surface area contributed by atoms with Crippen molar-refractivity contribution in [3.63, 3.8) is 0 Å². The molecular formula is C13H22N2S. The maximum atomic E-state index is 5.85. The molecule has 1 atom stereocenters. The normalized spacial score (nSPS) is 12.5. The molecular weight excluding hydrogens is 216 g/mol. The van der Waals surface area contributed by atoms with Crippen molar-refractivity contribution in [2.45, 2.75) is 26.3 Å². The Kier molecular flexibility index (Phi) is 5.00. The van der Waals surface area contributed by atoms with Gasteiger partial charge in [-0.3, -0.25) is 0 Å². The van der Waals surface area contributed by atoms with Crippen LogP contribution < -0.4 is 10.6 Å². The van der Waals surface area contributed by atoms with Gasteiger partial charge in [-0.15, -0.1) is 0 Å². The zero-order valence-electron chi connectivity index (χ0n) is 10.7. The first-order valence-electron chi connectivity index (χ1n) is 5.68. The van der Waals surface area contributed by atoms with Crippen molar-refractivity contribution in [2.75, 3.05) is 29.7 Å². The monoisotopic (exact) mass is 238 g/mol. The van der Waals surface area contributed by atoms with Crippen molar-refractivity contribution in [1.82, 2.24) is 0 Å². The summed E-state index contributed by atoms with van der Waals surface area (Å²) in [4.78, 5) is 2.35. The van der Waals surface area contributed by atoms with Gasteiger partial charge in [0.1, 0.15) is 0 Å². The Labute approximate surface area is 103 Å². The van der Waals surface area contributed by atoms with Crippen LogP contribution >= 0.6 is 11.8 Å². The third-order valence-electron chi connectivity index (χ3n) is 2.99. The molecule has 0 spiro atoms. The number of hydrogen-bond donors (Lipinski definition) is 1. The van der Waals surface area contributed by atoms with Crippen LogP contribution in [0.1, 0.15) is 18.9 Å². The van der Waals surface area contributed by atoms with E-state index in [1.165, 1.54) is 11.3 Å². The third kappa shape index (κ3) is 3.08. The van der Waals surface area contributed by atoms with Crippen LogP contribution in [0.3, 0.4) is 0 Å². The molecule has 1 unspecified atom stereocenters. The topological polar surface area (TPSA) is 29.3 Å². The number of nitrogens with two attached hydrogens (primary N) is 1. The zero-order valence-corrected chi connectivity index (χ0v) is 11.5. The fourth-order valence-electron chi connectivity index (χ4n) is 1.90. The average Bonchev–Trinajstić information content (AvgIpc) is 2.28. The highest BCUT2D eigenvalue weighted by molar-refractivity contribution is 7.98. The second-order valence-corrected chi connectivity index (χ2v) is 5.08. The number of nitrogens with zero attached hydrogens (tertiary/aromatic N) is 1. The lowest BCUT2D eigenvalue weighted by Gasteiger charge is -2.30. The van der Waals surface area contributed by atoms with Gasteiger partial charge < -0.3 is 10.6 Å². The van der Waals surface area contributed by atoms with Crippen LogP contribution in [-0.2, 0) is 0 Å². The molecule has 0 bridgehead atoms. The standard InChI is InChI=1S/C13H22N2S/c1-5-12(9-16-4)15(3)13-8-11(14)7-6-10(13)2/h6-8,12H,5,9,14H2,1-4H3. The molecule has 1 aromatic carbocycles. The third-order valence-corrected chi connectivity index (χ3v) is 3.71. The lowest BCUT2D eigenvalue weighted by molar-refractivity contribution is 0.672. The van der Waals surface area contributed by atoms with Crippen LogP contribution in [-0.4, -0.2) is 25.1 Å².